The number of fused-ring (bicyclic) bond motifs is 2. The number of hydrogen-bond donors (Lipinski definition) is 1. The van der Waals surface area contributed by atoms with Crippen LogP contribution in [0.4, 0.5) is 0 Å². The van der Waals surface area contributed by atoms with E-state index in [4.69, 9.17) is 0 Å². The maximum Gasteiger partial charge on any atom is 0.241 e. The number of rotatable bonds is 8. The molecule has 0 atom stereocenters. The van der Waals surface area contributed by atoms with E-state index in [-0.39, 0.29) is 45.9 Å². The van der Waals surface area contributed by atoms with Crippen LogP contribution in [0.5, 0.6) is 0 Å². The zero-order valence-electron chi connectivity index (χ0n) is 14.9. The topological polar surface area (TPSA) is 120 Å². The Morgan fingerprint density at radius 2 is 1.50 bits per heavy atom. The van der Waals surface area contributed by atoms with E-state index in [0.717, 1.165) is 0 Å². The maximum atomic E-state index is 12.9. The summed E-state index contributed by atoms with van der Waals surface area (Å²) in [6, 6.07) is 10.5. The Morgan fingerprint density at radius 3 is 2.18 bits per heavy atom. The third-order valence-electron chi connectivity index (χ3n) is 4.55. The Labute approximate surface area is 162 Å². The van der Waals surface area contributed by atoms with Crippen LogP contribution < -0.4 is 9.83 Å². The first-order chi connectivity index (χ1) is 13.3. The molecule has 0 heterocycles. The average molecular weight is 400 g/mol. The number of carboxylic acid groups (broad SMARTS) is 1. The molecule has 0 unspecified atom stereocenters. The van der Waals surface area contributed by atoms with Crippen LogP contribution in [-0.2, 0) is 14.8 Å². The Balaban J connectivity index is 1.83. The molecule has 28 heavy (non-hydrogen) atoms. The molecule has 1 aliphatic carbocycles. The van der Waals surface area contributed by atoms with Gasteiger partial charge in [-0.1, -0.05) is 42.8 Å². The smallest absolute Gasteiger partial charge is 0.241 e. The molecule has 0 aliphatic heterocycles. The minimum atomic E-state index is -4.02. The van der Waals surface area contributed by atoms with Gasteiger partial charge in [-0.25, -0.2) is 13.1 Å². The monoisotopic (exact) mass is 400 g/mol. The molecule has 0 radical (unpaired) electrons. The quantitative estimate of drug-likeness (QED) is 0.564. The van der Waals surface area contributed by atoms with E-state index >= 15 is 0 Å². The number of ketones is 2. The van der Waals surface area contributed by atoms with Crippen LogP contribution in [0.15, 0.2) is 47.4 Å². The lowest BCUT2D eigenvalue weighted by atomic mass is 9.84. The average Bonchev–Trinajstić information content (AvgIpc) is 2.68. The minimum Gasteiger partial charge on any atom is -0.550 e. The van der Waals surface area contributed by atoms with E-state index in [1.165, 1.54) is 24.3 Å². The largest absolute Gasteiger partial charge is 0.550 e. The van der Waals surface area contributed by atoms with Gasteiger partial charge in [0.2, 0.25) is 10.0 Å². The standard InChI is InChI=1S/C20H19NO6S/c22-17(23)11-2-1-5-12-21-28(26,27)16-10-6-9-15-18(16)20(25)14-8-4-3-7-13(14)19(15)24/h3-4,6-10,21H,1-2,5,11-12H2,(H,22,23)/p-1. The van der Waals surface area contributed by atoms with E-state index in [0.29, 0.717) is 19.3 Å². The number of nitrogens with one attached hydrogen (secondary N) is 1. The van der Waals surface area contributed by atoms with Gasteiger partial charge in [0, 0.05) is 29.2 Å². The molecule has 2 aromatic rings. The van der Waals surface area contributed by atoms with Crippen LogP contribution in [0.2, 0.25) is 0 Å². The number of unbranched alkanes of at least 4 members (excludes halogenated alkanes) is 2. The predicted octanol–water partition coefficient (Wildman–Crippen LogP) is 1.05. The number of hydrogen-bond acceptors (Lipinski definition) is 6. The Morgan fingerprint density at radius 1 is 0.857 bits per heavy atom. The highest BCUT2D eigenvalue weighted by atomic mass is 32.2. The van der Waals surface area contributed by atoms with Gasteiger partial charge in [-0.3, -0.25) is 9.59 Å². The number of benzene rings is 2. The zero-order valence-corrected chi connectivity index (χ0v) is 15.8. The van der Waals surface area contributed by atoms with Gasteiger partial charge in [-0.2, -0.15) is 0 Å². The fraction of sp³-hybridized carbons (Fsp3) is 0.250. The van der Waals surface area contributed by atoms with Crippen molar-refractivity contribution in [3.8, 4) is 0 Å². The van der Waals surface area contributed by atoms with Crippen LogP contribution in [-0.4, -0.2) is 32.5 Å². The fourth-order valence-corrected chi connectivity index (χ4v) is 4.49. The molecule has 2 aromatic carbocycles. The van der Waals surface area contributed by atoms with Gasteiger partial charge in [0.1, 0.15) is 0 Å². The summed E-state index contributed by atoms with van der Waals surface area (Å²) in [7, 11) is -4.02. The normalized spacial score (nSPS) is 13.1. The third-order valence-corrected chi connectivity index (χ3v) is 6.06. The highest BCUT2D eigenvalue weighted by Crippen LogP contribution is 2.31. The first-order valence-electron chi connectivity index (χ1n) is 8.84. The second kappa shape index (κ2) is 8.04. The van der Waals surface area contributed by atoms with Crippen molar-refractivity contribution in [2.75, 3.05) is 6.54 Å². The van der Waals surface area contributed by atoms with Crippen molar-refractivity contribution in [1.29, 1.82) is 0 Å². The summed E-state index contributed by atoms with van der Waals surface area (Å²) in [6.45, 7) is 0.0950. The Hall–Kier alpha value is -2.84. The summed E-state index contributed by atoms with van der Waals surface area (Å²) in [5.74, 6) is -2.02. The van der Waals surface area contributed by atoms with Crippen molar-refractivity contribution in [1.82, 2.24) is 4.72 Å². The molecule has 0 saturated carbocycles. The van der Waals surface area contributed by atoms with Crippen LogP contribution >= 0.6 is 0 Å². The number of aliphatic carboxylic acids is 1. The van der Waals surface area contributed by atoms with Crippen molar-refractivity contribution >= 4 is 27.6 Å². The summed E-state index contributed by atoms with van der Waals surface area (Å²) in [4.78, 5) is 35.7. The lowest BCUT2D eigenvalue weighted by molar-refractivity contribution is -0.305. The van der Waals surface area contributed by atoms with Crippen molar-refractivity contribution in [3.63, 3.8) is 0 Å². The van der Waals surface area contributed by atoms with Crippen LogP contribution in [0.3, 0.4) is 0 Å². The van der Waals surface area contributed by atoms with Gasteiger partial charge in [0.15, 0.2) is 11.6 Å². The third kappa shape index (κ3) is 3.88. The van der Waals surface area contributed by atoms with Gasteiger partial charge in [-0.05, 0) is 25.3 Å². The molecule has 0 amide bonds. The molecule has 0 bridgehead atoms. The number of carboxylic acids is 1. The van der Waals surface area contributed by atoms with Gasteiger partial charge in [0.05, 0.1) is 10.5 Å². The first kappa shape index (κ1) is 19.9. The lowest BCUT2D eigenvalue weighted by Crippen LogP contribution is -2.29. The Kier molecular flexibility index (Phi) is 5.71. The summed E-state index contributed by atoms with van der Waals surface area (Å²) in [5, 5.41) is 10.4. The summed E-state index contributed by atoms with van der Waals surface area (Å²) in [6.07, 6.45) is 1.29. The zero-order chi connectivity index (χ0) is 20.3. The van der Waals surface area contributed by atoms with E-state index in [9.17, 15) is 27.9 Å². The summed E-state index contributed by atoms with van der Waals surface area (Å²) >= 11 is 0. The number of carbonyl (C=O) groups is 3. The second-order valence-electron chi connectivity index (χ2n) is 6.46. The molecule has 8 heteroatoms. The first-order valence-corrected chi connectivity index (χ1v) is 10.3. The van der Waals surface area contributed by atoms with Crippen LogP contribution in [0.1, 0.15) is 57.5 Å². The molecular formula is C20H18NO6S-. The van der Waals surface area contributed by atoms with Gasteiger partial charge < -0.3 is 9.90 Å². The van der Waals surface area contributed by atoms with Crippen LogP contribution in [0, 0.1) is 0 Å². The summed E-state index contributed by atoms with van der Waals surface area (Å²) in [5.41, 5.74) is 0.400. The Bertz CT molecular complexity index is 1060. The number of sulfonamides is 1. The molecule has 0 fully saturated rings. The molecule has 0 saturated heterocycles. The van der Waals surface area contributed by atoms with Gasteiger partial charge in [0.25, 0.3) is 0 Å². The highest BCUT2D eigenvalue weighted by Gasteiger charge is 2.34. The van der Waals surface area contributed by atoms with E-state index in [1.54, 1.807) is 18.2 Å². The van der Waals surface area contributed by atoms with Crippen molar-refractivity contribution in [2.24, 2.45) is 0 Å². The van der Waals surface area contributed by atoms with E-state index in [1.807, 2.05) is 0 Å². The molecule has 1 N–H and O–H groups in total. The summed E-state index contributed by atoms with van der Waals surface area (Å²) < 4.78 is 27.9. The molecule has 0 aromatic heterocycles. The molecule has 7 nitrogen and oxygen atoms in total. The predicted molar refractivity (Wildman–Crippen MR) is 98.4 cm³/mol. The van der Waals surface area contributed by atoms with Gasteiger partial charge >= 0.3 is 0 Å². The van der Waals surface area contributed by atoms with E-state index < -0.39 is 21.8 Å². The van der Waals surface area contributed by atoms with Crippen molar-refractivity contribution < 1.29 is 27.9 Å². The van der Waals surface area contributed by atoms with Crippen LogP contribution in [0.25, 0.3) is 0 Å². The molecule has 1 aliphatic rings. The van der Waals surface area contributed by atoms with Crippen molar-refractivity contribution in [2.45, 2.75) is 30.6 Å². The SMILES string of the molecule is O=C([O-])CCCCCNS(=O)(=O)c1cccc2c1C(=O)c1ccccc1C2=O. The second-order valence-corrected chi connectivity index (χ2v) is 8.20. The number of carbonyl (C=O) groups excluding carboxylic acids is 3. The molecular weight excluding hydrogens is 382 g/mol. The van der Waals surface area contributed by atoms with Gasteiger partial charge in [-0.15, -0.1) is 0 Å². The minimum absolute atomic E-state index is 0.0699. The maximum absolute atomic E-state index is 12.9. The highest BCUT2D eigenvalue weighted by molar-refractivity contribution is 7.89. The molecule has 0 spiro atoms. The fourth-order valence-electron chi connectivity index (χ4n) is 3.19. The lowest BCUT2D eigenvalue weighted by Gasteiger charge is -2.20. The van der Waals surface area contributed by atoms with Crippen molar-refractivity contribution in [3.05, 3.63) is 64.7 Å². The molecule has 3 rings (SSSR count). The van der Waals surface area contributed by atoms with E-state index in [2.05, 4.69) is 4.72 Å². The molecule has 146 valence electrons.